The van der Waals surface area contributed by atoms with Crippen LogP contribution in [0.15, 0.2) is 36.4 Å². The zero-order chi connectivity index (χ0) is 14.0. The molecule has 0 saturated carbocycles. The zero-order valence-electron chi connectivity index (χ0n) is 9.56. The molecule has 0 atom stereocenters. The second-order valence-electron chi connectivity index (χ2n) is 3.82. The maximum atomic E-state index is 13.0. The number of nitrogens with one attached hydrogen (secondary N) is 1. The van der Waals surface area contributed by atoms with Gasteiger partial charge in [-0.15, -0.1) is 0 Å². The molecule has 0 amide bonds. The topological polar surface area (TPSA) is 81.2 Å². The molecule has 0 saturated heterocycles. The summed E-state index contributed by atoms with van der Waals surface area (Å²) in [5, 5.41) is 13.4. The van der Waals surface area contributed by atoms with Gasteiger partial charge in [-0.3, -0.25) is 10.1 Å². The van der Waals surface area contributed by atoms with E-state index in [1.165, 1.54) is 24.3 Å². The van der Waals surface area contributed by atoms with Crippen LogP contribution in [0.1, 0.15) is 0 Å². The predicted molar refractivity (Wildman–Crippen MR) is 67.1 cm³/mol. The van der Waals surface area contributed by atoms with Crippen LogP contribution in [0.4, 0.5) is 31.5 Å². The van der Waals surface area contributed by atoms with Gasteiger partial charge in [0.25, 0.3) is 5.69 Å². The van der Waals surface area contributed by atoms with Crippen molar-refractivity contribution >= 4 is 22.7 Å². The van der Waals surface area contributed by atoms with E-state index in [2.05, 4.69) is 5.32 Å². The number of hydrogen-bond acceptors (Lipinski definition) is 4. The Bertz CT molecular complexity index is 647. The molecule has 3 N–H and O–H groups in total. The van der Waals surface area contributed by atoms with Crippen molar-refractivity contribution in [3.63, 3.8) is 0 Å². The SMILES string of the molecule is Nc1cc(Nc2ccc(F)c(F)c2)cc([N+](=O)[O-])c1. The van der Waals surface area contributed by atoms with E-state index in [1.807, 2.05) is 0 Å². The third-order valence-electron chi connectivity index (χ3n) is 2.36. The lowest BCUT2D eigenvalue weighted by Gasteiger charge is -2.07. The van der Waals surface area contributed by atoms with E-state index in [1.54, 1.807) is 0 Å². The number of nitrogens with zero attached hydrogens (tertiary/aromatic N) is 1. The lowest BCUT2D eigenvalue weighted by molar-refractivity contribution is -0.384. The Labute approximate surface area is 106 Å². The van der Waals surface area contributed by atoms with Crippen LogP contribution in [-0.4, -0.2) is 4.92 Å². The summed E-state index contributed by atoms with van der Waals surface area (Å²) in [7, 11) is 0. The number of hydrogen-bond donors (Lipinski definition) is 2. The van der Waals surface area contributed by atoms with Crippen LogP contribution >= 0.6 is 0 Å². The highest BCUT2D eigenvalue weighted by Crippen LogP contribution is 2.25. The second kappa shape index (κ2) is 4.89. The van der Waals surface area contributed by atoms with Crippen molar-refractivity contribution in [1.82, 2.24) is 0 Å². The average molecular weight is 265 g/mol. The molecule has 2 rings (SSSR count). The smallest absolute Gasteiger partial charge is 0.273 e. The van der Waals surface area contributed by atoms with Gasteiger partial charge in [-0.2, -0.15) is 0 Å². The second-order valence-corrected chi connectivity index (χ2v) is 3.82. The number of nitrogen functional groups attached to an aromatic ring is 1. The maximum Gasteiger partial charge on any atom is 0.273 e. The van der Waals surface area contributed by atoms with E-state index in [-0.39, 0.29) is 17.1 Å². The van der Waals surface area contributed by atoms with Crippen molar-refractivity contribution < 1.29 is 13.7 Å². The predicted octanol–water partition coefficient (Wildman–Crippen LogP) is 3.20. The quantitative estimate of drug-likeness (QED) is 0.507. The molecule has 0 fully saturated rings. The highest BCUT2D eigenvalue weighted by atomic mass is 19.2. The van der Waals surface area contributed by atoms with Gasteiger partial charge in [-0.1, -0.05) is 0 Å². The van der Waals surface area contributed by atoms with E-state index < -0.39 is 16.6 Å². The Hall–Kier alpha value is -2.70. The molecule has 0 aliphatic rings. The van der Waals surface area contributed by atoms with E-state index in [4.69, 9.17) is 5.73 Å². The minimum absolute atomic E-state index is 0.190. The highest BCUT2D eigenvalue weighted by Gasteiger charge is 2.09. The molecule has 2 aromatic carbocycles. The number of nitro benzene ring substituents is 1. The molecule has 0 bridgehead atoms. The van der Waals surface area contributed by atoms with Crippen molar-refractivity contribution in [2.24, 2.45) is 0 Å². The average Bonchev–Trinajstić information content (AvgIpc) is 2.33. The third kappa shape index (κ3) is 2.95. The number of anilines is 3. The van der Waals surface area contributed by atoms with Crippen LogP contribution in [0.3, 0.4) is 0 Å². The molecule has 19 heavy (non-hydrogen) atoms. The van der Waals surface area contributed by atoms with E-state index in [0.717, 1.165) is 12.1 Å². The molecule has 2 aromatic rings. The molecule has 0 aromatic heterocycles. The number of benzene rings is 2. The molecule has 0 aliphatic carbocycles. The van der Waals surface area contributed by atoms with Gasteiger partial charge in [0.1, 0.15) is 0 Å². The van der Waals surface area contributed by atoms with Crippen molar-refractivity contribution in [3.05, 3.63) is 58.1 Å². The molecular formula is C12H9F2N3O2. The molecule has 0 aliphatic heterocycles. The minimum Gasteiger partial charge on any atom is -0.398 e. The number of rotatable bonds is 3. The summed E-state index contributed by atoms with van der Waals surface area (Å²) in [6.07, 6.45) is 0. The number of halogens is 2. The van der Waals surface area contributed by atoms with E-state index in [9.17, 15) is 18.9 Å². The first kappa shape index (κ1) is 12.7. The Kier molecular flexibility index (Phi) is 3.28. The summed E-state index contributed by atoms with van der Waals surface area (Å²) in [6, 6.07) is 7.12. The van der Waals surface area contributed by atoms with E-state index >= 15 is 0 Å². The summed E-state index contributed by atoms with van der Waals surface area (Å²) in [6.45, 7) is 0. The van der Waals surface area contributed by atoms with Gasteiger partial charge in [0.15, 0.2) is 11.6 Å². The fraction of sp³-hybridized carbons (Fsp3) is 0. The lowest BCUT2D eigenvalue weighted by atomic mass is 10.2. The Morgan fingerprint density at radius 3 is 2.42 bits per heavy atom. The van der Waals surface area contributed by atoms with Gasteiger partial charge in [0.2, 0.25) is 0 Å². The van der Waals surface area contributed by atoms with Crippen LogP contribution < -0.4 is 11.1 Å². The molecule has 7 heteroatoms. The normalized spacial score (nSPS) is 10.2. The fourth-order valence-electron chi connectivity index (χ4n) is 1.55. The van der Waals surface area contributed by atoms with Gasteiger partial charge < -0.3 is 11.1 Å². The summed E-state index contributed by atoms with van der Waals surface area (Å²) in [5.41, 5.74) is 6.11. The first-order valence-electron chi connectivity index (χ1n) is 5.23. The number of nitro groups is 1. The summed E-state index contributed by atoms with van der Waals surface area (Å²) in [4.78, 5) is 10.1. The monoisotopic (exact) mass is 265 g/mol. The summed E-state index contributed by atoms with van der Waals surface area (Å²) < 4.78 is 25.8. The van der Waals surface area contributed by atoms with Crippen LogP contribution in [0, 0.1) is 21.7 Å². The Morgan fingerprint density at radius 1 is 1.05 bits per heavy atom. The summed E-state index contributed by atoms with van der Waals surface area (Å²) >= 11 is 0. The van der Waals surface area contributed by atoms with Gasteiger partial charge >= 0.3 is 0 Å². The molecule has 0 spiro atoms. The molecular weight excluding hydrogens is 256 g/mol. The Morgan fingerprint density at radius 2 is 1.79 bits per heavy atom. The maximum absolute atomic E-state index is 13.0. The molecule has 98 valence electrons. The van der Waals surface area contributed by atoms with Crippen molar-refractivity contribution in [1.29, 1.82) is 0 Å². The van der Waals surface area contributed by atoms with Crippen LogP contribution in [0.25, 0.3) is 0 Å². The highest BCUT2D eigenvalue weighted by molar-refractivity contribution is 5.67. The molecule has 0 heterocycles. The Balaban J connectivity index is 2.32. The van der Waals surface area contributed by atoms with Gasteiger partial charge in [0.05, 0.1) is 4.92 Å². The fourth-order valence-corrected chi connectivity index (χ4v) is 1.55. The van der Waals surface area contributed by atoms with Crippen molar-refractivity contribution in [2.45, 2.75) is 0 Å². The standard InChI is InChI=1S/C12H9F2N3O2/c13-11-2-1-8(6-12(11)14)16-9-3-7(15)4-10(5-9)17(18)19/h1-6,16H,15H2. The van der Waals surface area contributed by atoms with Crippen LogP contribution in [0.2, 0.25) is 0 Å². The third-order valence-corrected chi connectivity index (χ3v) is 2.36. The van der Waals surface area contributed by atoms with Crippen LogP contribution in [-0.2, 0) is 0 Å². The molecule has 0 radical (unpaired) electrons. The number of nitrogens with two attached hydrogens (primary N) is 1. The number of non-ortho nitro benzene ring substituents is 1. The first-order valence-corrected chi connectivity index (χ1v) is 5.23. The van der Waals surface area contributed by atoms with Gasteiger partial charge in [0, 0.05) is 35.3 Å². The summed E-state index contributed by atoms with van der Waals surface area (Å²) in [5.74, 6) is -1.98. The molecule has 0 unspecified atom stereocenters. The lowest BCUT2D eigenvalue weighted by Crippen LogP contribution is -1.97. The molecule has 5 nitrogen and oxygen atoms in total. The van der Waals surface area contributed by atoms with Crippen molar-refractivity contribution in [3.8, 4) is 0 Å². The van der Waals surface area contributed by atoms with E-state index in [0.29, 0.717) is 5.69 Å². The van der Waals surface area contributed by atoms with Crippen molar-refractivity contribution in [2.75, 3.05) is 11.1 Å². The van der Waals surface area contributed by atoms with Gasteiger partial charge in [-0.05, 0) is 18.2 Å². The zero-order valence-corrected chi connectivity index (χ0v) is 9.56. The first-order chi connectivity index (χ1) is 8.95. The van der Waals surface area contributed by atoms with Gasteiger partial charge in [-0.25, -0.2) is 8.78 Å². The largest absolute Gasteiger partial charge is 0.398 e. The minimum atomic E-state index is -1.01. The van der Waals surface area contributed by atoms with Crippen LogP contribution in [0.5, 0.6) is 0 Å².